The summed E-state index contributed by atoms with van der Waals surface area (Å²) in [6.45, 7) is 0. The Morgan fingerprint density at radius 3 is 2.28 bits per heavy atom. The Morgan fingerprint density at radius 1 is 1.06 bits per heavy atom. The minimum absolute atomic E-state index is 0.280. The van der Waals surface area contributed by atoms with Crippen LogP contribution in [0.3, 0.4) is 0 Å². The van der Waals surface area contributed by atoms with E-state index in [-0.39, 0.29) is 5.56 Å². The minimum atomic E-state index is -0.920. The van der Waals surface area contributed by atoms with E-state index in [0.29, 0.717) is 0 Å². The number of halogens is 2. The summed E-state index contributed by atoms with van der Waals surface area (Å²) in [6.07, 6.45) is 0. The summed E-state index contributed by atoms with van der Waals surface area (Å²) in [7, 11) is 0. The molecule has 2 aromatic carbocycles. The molecule has 1 N–H and O–H groups in total. The van der Waals surface area contributed by atoms with E-state index < -0.39 is 5.97 Å². The maximum absolute atomic E-state index is 10.8. The van der Waals surface area contributed by atoms with Gasteiger partial charge in [-0.15, -0.1) is 0 Å². The molecule has 0 unspecified atom stereocenters. The van der Waals surface area contributed by atoms with Crippen molar-refractivity contribution in [1.82, 2.24) is 0 Å². The maximum Gasteiger partial charge on any atom is 0.335 e. The summed E-state index contributed by atoms with van der Waals surface area (Å²) >= 11 is 8.36. The monoisotopic (exact) mass is 386 g/mol. The van der Waals surface area contributed by atoms with Crippen LogP contribution in [0.2, 0.25) is 0 Å². The van der Waals surface area contributed by atoms with Crippen molar-refractivity contribution in [1.29, 1.82) is 0 Å². The molecule has 92 valence electrons. The summed E-state index contributed by atoms with van der Waals surface area (Å²) in [5.74, 6) is -0.920. The van der Waals surface area contributed by atoms with E-state index in [4.69, 9.17) is 5.11 Å². The fraction of sp³-hybridized carbons (Fsp3) is 0. The molecule has 5 heteroatoms. The SMILES string of the molecule is O=C(O)c1ccc(Sc2ccc(Br)cc2)c(Br)c1. The van der Waals surface area contributed by atoms with Crippen molar-refractivity contribution in [2.45, 2.75) is 9.79 Å². The summed E-state index contributed by atoms with van der Waals surface area (Å²) < 4.78 is 1.82. The number of aromatic carboxylic acids is 1. The highest BCUT2D eigenvalue weighted by Crippen LogP contribution is 2.34. The third kappa shape index (κ3) is 3.37. The Hall–Kier alpha value is -0.780. The van der Waals surface area contributed by atoms with Crippen LogP contribution < -0.4 is 0 Å². The van der Waals surface area contributed by atoms with Crippen molar-refractivity contribution in [3.63, 3.8) is 0 Å². The second-order valence-corrected chi connectivity index (χ2v) is 6.39. The average molecular weight is 388 g/mol. The van der Waals surface area contributed by atoms with Gasteiger partial charge in [0.15, 0.2) is 0 Å². The third-order valence-corrected chi connectivity index (χ3v) is 4.75. The maximum atomic E-state index is 10.8. The lowest BCUT2D eigenvalue weighted by Gasteiger charge is -2.05. The fourth-order valence-corrected chi connectivity index (χ4v) is 3.05. The molecule has 0 heterocycles. The van der Waals surface area contributed by atoms with Crippen LogP contribution in [-0.2, 0) is 0 Å². The van der Waals surface area contributed by atoms with E-state index in [1.165, 1.54) is 0 Å². The molecule has 0 spiro atoms. The van der Waals surface area contributed by atoms with Crippen molar-refractivity contribution in [3.05, 3.63) is 57.0 Å². The number of hydrogen-bond acceptors (Lipinski definition) is 2. The molecule has 0 saturated heterocycles. The van der Waals surface area contributed by atoms with Gasteiger partial charge in [0.05, 0.1) is 5.56 Å². The average Bonchev–Trinajstić information content (AvgIpc) is 2.34. The minimum Gasteiger partial charge on any atom is -0.478 e. The third-order valence-electron chi connectivity index (χ3n) is 2.22. The second kappa shape index (κ2) is 5.91. The van der Waals surface area contributed by atoms with Gasteiger partial charge in [0, 0.05) is 18.7 Å². The Kier molecular flexibility index (Phi) is 4.48. The highest BCUT2D eigenvalue weighted by atomic mass is 79.9. The van der Waals surface area contributed by atoms with Crippen molar-refractivity contribution in [2.24, 2.45) is 0 Å². The summed E-state index contributed by atoms with van der Waals surface area (Å²) in [5, 5.41) is 8.89. The van der Waals surface area contributed by atoms with Crippen LogP contribution in [-0.4, -0.2) is 11.1 Å². The molecule has 0 aromatic heterocycles. The highest BCUT2D eigenvalue weighted by Gasteiger charge is 2.07. The first-order valence-electron chi connectivity index (χ1n) is 5.02. The van der Waals surface area contributed by atoms with Gasteiger partial charge >= 0.3 is 5.97 Å². The highest BCUT2D eigenvalue weighted by molar-refractivity contribution is 9.10. The lowest BCUT2D eigenvalue weighted by Crippen LogP contribution is -1.95. The molecule has 0 radical (unpaired) electrons. The van der Waals surface area contributed by atoms with Gasteiger partial charge < -0.3 is 5.11 Å². The lowest BCUT2D eigenvalue weighted by molar-refractivity contribution is 0.0696. The van der Waals surface area contributed by atoms with E-state index in [9.17, 15) is 4.79 Å². The number of rotatable bonds is 3. The number of hydrogen-bond donors (Lipinski definition) is 1. The topological polar surface area (TPSA) is 37.3 Å². The van der Waals surface area contributed by atoms with Crippen molar-refractivity contribution in [2.75, 3.05) is 0 Å². The molecule has 2 rings (SSSR count). The van der Waals surface area contributed by atoms with Crippen LogP contribution in [0.1, 0.15) is 10.4 Å². The predicted octanol–water partition coefficient (Wildman–Crippen LogP) is 5.06. The Labute approximate surface area is 126 Å². The first-order chi connectivity index (χ1) is 8.56. The molecule has 2 nitrogen and oxygen atoms in total. The van der Waals surface area contributed by atoms with Gasteiger partial charge in [-0.05, 0) is 58.4 Å². The van der Waals surface area contributed by atoms with Gasteiger partial charge in [-0.1, -0.05) is 27.7 Å². The molecular weight excluding hydrogens is 380 g/mol. The molecule has 0 saturated carbocycles. The van der Waals surface area contributed by atoms with Crippen LogP contribution in [0.15, 0.2) is 61.2 Å². The summed E-state index contributed by atoms with van der Waals surface area (Å²) in [4.78, 5) is 12.9. The van der Waals surface area contributed by atoms with Crippen LogP contribution >= 0.6 is 43.6 Å². The number of carboxylic acid groups (broad SMARTS) is 1. The smallest absolute Gasteiger partial charge is 0.335 e. The molecule has 0 aliphatic heterocycles. The van der Waals surface area contributed by atoms with E-state index >= 15 is 0 Å². The molecule has 2 aromatic rings. The van der Waals surface area contributed by atoms with Gasteiger partial charge in [-0.3, -0.25) is 0 Å². The number of carboxylic acids is 1. The number of carbonyl (C=O) groups is 1. The van der Waals surface area contributed by atoms with E-state index in [1.807, 2.05) is 24.3 Å². The Balaban J connectivity index is 2.24. The first-order valence-corrected chi connectivity index (χ1v) is 7.43. The normalized spacial score (nSPS) is 10.3. The van der Waals surface area contributed by atoms with Gasteiger partial charge in [0.25, 0.3) is 0 Å². The van der Waals surface area contributed by atoms with Crippen molar-refractivity contribution < 1.29 is 9.90 Å². The Morgan fingerprint density at radius 2 is 1.72 bits per heavy atom. The summed E-state index contributed by atoms with van der Waals surface area (Å²) in [5.41, 5.74) is 0.280. The van der Waals surface area contributed by atoms with Gasteiger partial charge in [0.1, 0.15) is 0 Å². The quantitative estimate of drug-likeness (QED) is 0.799. The molecule has 0 fully saturated rings. The van der Waals surface area contributed by atoms with Crippen LogP contribution in [0.4, 0.5) is 0 Å². The molecule has 18 heavy (non-hydrogen) atoms. The second-order valence-electron chi connectivity index (χ2n) is 3.51. The molecule has 0 bridgehead atoms. The van der Waals surface area contributed by atoms with Crippen molar-refractivity contribution in [3.8, 4) is 0 Å². The molecule has 0 atom stereocenters. The fourth-order valence-electron chi connectivity index (χ4n) is 1.35. The molecular formula is C13H8Br2O2S. The van der Waals surface area contributed by atoms with Crippen LogP contribution in [0.25, 0.3) is 0 Å². The molecule has 0 aliphatic carbocycles. The first kappa shape index (κ1) is 13.6. The zero-order valence-corrected chi connectivity index (χ0v) is 13.0. The Bertz CT molecular complexity index is 582. The zero-order valence-electron chi connectivity index (χ0n) is 9.06. The van der Waals surface area contributed by atoms with Crippen LogP contribution in [0, 0.1) is 0 Å². The van der Waals surface area contributed by atoms with Gasteiger partial charge in [-0.2, -0.15) is 0 Å². The van der Waals surface area contributed by atoms with Crippen LogP contribution in [0.5, 0.6) is 0 Å². The van der Waals surface area contributed by atoms with Crippen molar-refractivity contribution >= 4 is 49.6 Å². The zero-order chi connectivity index (χ0) is 13.1. The largest absolute Gasteiger partial charge is 0.478 e. The standard InChI is InChI=1S/C13H8Br2O2S/c14-9-2-4-10(5-3-9)18-12-6-1-8(13(16)17)7-11(12)15/h1-7H,(H,16,17). The van der Waals surface area contributed by atoms with E-state index in [2.05, 4.69) is 31.9 Å². The molecule has 0 aliphatic rings. The predicted molar refractivity (Wildman–Crippen MR) is 79.4 cm³/mol. The van der Waals surface area contributed by atoms with E-state index in [1.54, 1.807) is 30.0 Å². The molecule has 0 amide bonds. The van der Waals surface area contributed by atoms with E-state index in [0.717, 1.165) is 18.7 Å². The summed E-state index contributed by atoms with van der Waals surface area (Å²) in [6, 6.07) is 13.0. The number of benzene rings is 2. The van der Waals surface area contributed by atoms with Gasteiger partial charge in [0.2, 0.25) is 0 Å². The van der Waals surface area contributed by atoms with Gasteiger partial charge in [-0.25, -0.2) is 4.79 Å². The lowest BCUT2D eigenvalue weighted by atomic mass is 10.2.